The van der Waals surface area contributed by atoms with E-state index >= 15 is 0 Å². The highest BCUT2D eigenvalue weighted by molar-refractivity contribution is 7.89. The molecule has 1 fully saturated rings. The van der Waals surface area contributed by atoms with Crippen molar-refractivity contribution in [2.45, 2.75) is 11.8 Å². The van der Waals surface area contributed by atoms with Gasteiger partial charge in [-0.25, -0.2) is 8.42 Å². The smallest absolute Gasteiger partial charge is 0.253 e. The molecule has 1 aliphatic rings. The van der Waals surface area contributed by atoms with Crippen LogP contribution in [-0.2, 0) is 17.1 Å². The van der Waals surface area contributed by atoms with E-state index in [1.807, 2.05) is 19.1 Å². The van der Waals surface area contributed by atoms with Crippen LogP contribution in [0.5, 0.6) is 0 Å². The van der Waals surface area contributed by atoms with Gasteiger partial charge in [-0.05, 0) is 31.2 Å². The van der Waals surface area contributed by atoms with E-state index in [-0.39, 0.29) is 23.9 Å². The summed E-state index contributed by atoms with van der Waals surface area (Å²) in [5.41, 5.74) is 2.79. The second kappa shape index (κ2) is 8.00. The highest BCUT2D eigenvalue weighted by atomic mass is 32.2. The minimum absolute atomic E-state index is 0.0779. The zero-order valence-electron chi connectivity index (χ0n) is 16.9. The molecule has 0 N–H and O–H groups in total. The zero-order chi connectivity index (χ0) is 21.3. The van der Waals surface area contributed by atoms with Gasteiger partial charge in [0.05, 0.1) is 0 Å². The Morgan fingerprint density at radius 3 is 2.23 bits per heavy atom. The lowest BCUT2D eigenvalue weighted by Crippen LogP contribution is -2.50. The highest BCUT2D eigenvalue weighted by Crippen LogP contribution is 2.28. The lowest BCUT2D eigenvalue weighted by Gasteiger charge is -2.34. The maximum atomic E-state index is 13.3. The largest absolute Gasteiger partial charge is 0.336 e. The quantitative estimate of drug-likeness (QED) is 0.637. The van der Waals surface area contributed by atoms with Gasteiger partial charge in [0.25, 0.3) is 5.91 Å². The summed E-state index contributed by atoms with van der Waals surface area (Å²) >= 11 is 0. The van der Waals surface area contributed by atoms with Crippen molar-refractivity contribution in [3.05, 3.63) is 66.1 Å². The van der Waals surface area contributed by atoms with Crippen molar-refractivity contribution in [3.63, 3.8) is 0 Å². The lowest BCUT2D eigenvalue weighted by atomic mass is 10.1. The van der Waals surface area contributed by atoms with E-state index in [4.69, 9.17) is 0 Å². The van der Waals surface area contributed by atoms with Crippen LogP contribution < -0.4 is 0 Å². The number of carbonyl (C=O) groups is 1. The van der Waals surface area contributed by atoms with Crippen molar-refractivity contribution in [1.82, 2.24) is 24.0 Å². The van der Waals surface area contributed by atoms with E-state index in [0.29, 0.717) is 29.9 Å². The Morgan fingerprint density at radius 2 is 1.60 bits per heavy atom. The first kappa shape index (κ1) is 20.2. The summed E-state index contributed by atoms with van der Waals surface area (Å²) < 4.78 is 29.6. The fraction of sp³-hybridized carbons (Fsp3) is 0.286. The minimum atomic E-state index is -3.75. The number of benzene rings is 1. The standard InChI is InChI=1S/C21H23N5O3S/c1-16-3-5-18(6-4-16)21(27)25-11-13-26(14-12-25)30(28,29)19-15-24(2)23-20(19)17-7-9-22-10-8-17/h3-10,15H,11-14H2,1-2H3. The SMILES string of the molecule is Cc1ccc(C(=O)N2CCN(S(=O)(=O)c3cn(C)nc3-c3ccncc3)CC2)cc1. The Labute approximate surface area is 175 Å². The third-order valence-corrected chi connectivity index (χ3v) is 7.09. The van der Waals surface area contributed by atoms with Crippen LogP contribution in [0.2, 0.25) is 0 Å². The molecule has 4 rings (SSSR count). The van der Waals surface area contributed by atoms with Gasteiger partial charge in [0, 0.05) is 62.9 Å². The molecule has 0 spiro atoms. The van der Waals surface area contributed by atoms with E-state index in [1.165, 1.54) is 15.2 Å². The predicted octanol–water partition coefficient (Wildman–Crippen LogP) is 1.94. The van der Waals surface area contributed by atoms with Crippen LogP contribution in [0.25, 0.3) is 11.3 Å². The van der Waals surface area contributed by atoms with E-state index in [2.05, 4.69) is 10.1 Å². The van der Waals surface area contributed by atoms with Crippen LogP contribution in [0.4, 0.5) is 0 Å². The molecule has 0 bridgehead atoms. The van der Waals surface area contributed by atoms with Crippen LogP contribution in [0.3, 0.4) is 0 Å². The Hall–Kier alpha value is -3.04. The summed E-state index contributed by atoms with van der Waals surface area (Å²) in [7, 11) is -2.05. The van der Waals surface area contributed by atoms with E-state index in [0.717, 1.165) is 5.56 Å². The van der Waals surface area contributed by atoms with Crippen molar-refractivity contribution >= 4 is 15.9 Å². The fourth-order valence-electron chi connectivity index (χ4n) is 3.51. The van der Waals surface area contributed by atoms with E-state index in [1.54, 1.807) is 48.6 Å². The molecular weight excluding hydrogens is 402 g/mol. The lowest BCUT2D eigenvalue weighted by molar-refractivity contribution is 0.0698. The Balaban J connectivity index is 1.52. The third-order valence-electron chi connectivity index (χ3n) is 5.19. The molecule has 2 aromatic heterocycles. The molecule has 3 aromatic rings. The number of rotatable bonds is 4. The first-order valence-electron chi connectivity index (χ1n) is 9.66. The van der Waals surface area contributed by atoms with Crippen molar-refractivity contribution < 1.29 is 13.2 Å². The number of hydrogen-bond acceptors (Lipinski definition) is 5. The molecule has 1 saturated heterocycles. The Morgan fingerprint density at radius 1 is 0.967 bits per heavy atom. The van der Waals surface area contributed by atoms with Crippen LogP contribution >= 0.6 is 0 Å². The molecule has 0 atom stereocenters. The van der Waals surface area contributed by atoms with Gasteiger partial charge in [-0.1, -0.05) is 17.7 Å². The molecule has 1 aliphatic heterocycles. The van der Waals surface area contributed by atoms with Gasteiger partial charge in [0.2, 0.25) is 10.0 Å². The third kappa shape index (κ3) is 3.86. The van der Waals surface area contributed by atoms with Crippen LogP contribution in [-0.4, -0.2) is 64.5 Å². The van der Waals surface area contributed by atoms with Crippen molar-refractivity contribution in [3.8, 4) is 11.3 Å². The minimum Gasteiger partial charge on any atom is -0.336 e. The van der Waals surface area contributed by atoms with Gasteiger partial charge in [-0.2, -0.15) is 9.40 Å². The molecule has 1 aromatic carbocycles. The summed E-state index contributed by atoms with van der Waals surface area (Å²) in [6.07, 6.45) is 4.74. The maximum Gasteiger partial charge on any atom is 0.253 e. The summed E-state index contributed by atoms with van der Waals surface area (Å²) in [4.78, 5) is 18.6. The van der Waals surface area contributed by atoms with Crippen LogP contribution in [0.1, 0.15) is 15.9 Å². The van der Waals surface area contributed by atoms with Gasteiger partial charge in [-0.15, -0.1) is 0 Å². The predicted molar refractivity (Wildman–Crippen MR) is 112 cm³/mol. The molecule has 0 saturated carbocycles. The van der Waals surface area contributed by atoms with Crippen molar-refractivity contribution in [2.24, 2.45) is 7.05 Å². The first-order valence-corrected chi connectivity index (χ1v) is 11.1. The summed E-state index contributed by atoms with van der Waals surface area (Å²) in [5, 5.41) is 4.35. The van der Waals surface area contributed by atoms with Gasteiger partial charge >= 0.3 is 0 Å². The first-order chi connectivity index (χ1) is 14.4. The second-order valence-electron chi connectivity index (χ2n) is 7.31. The molecule has 3 heterocycles. The number of aromatic nitrogens is 3. The molecule has 9 heteroatoms. The number of carbonyl (C=O) groups excluding carboxylic acids is 1. The van der Waals surface area contributed by atoms with Crippen LogP contribution in [0, 0.1) is 6.92 Å². The van der Waals surface area contributed by atoms with Crippen molar-refractivity contribution in [1.29, 1.82) is 0 Å². The molecule has 30 heavy (non-hydrogen) atoms. The fourth-order valence-corrected chi connectivity index (χ4v) is 5.13. The van der Waals surface area contributed by atoms with E-state index in [9.17, 15) is 13.2 Å². The molecule has 8 nitrogen and oxygen atoms in total. The maximum absolute atomic E-state index is 13.3. The average molecular weight is 426 g/mol. The van der Waals surface area contributed by atoms with E-state index < -0.39 is 10.0 Å². The molecule has 1 amide bonds. The zero-order valence-corrected chi connectivity index (χ0v) is 17.7. The summed E-state index contributed by atoms with van der Waals surface area (Å²) in [6.45, 7) is 3.14. The monoisotopic (exact) mass is 425 g/mol. The topological polar surface area (TPSA) is 88.4 Å². The van der Waals surface area contributed by atoms with Crippen LogP contribution in [0.15, 0.2) is 59.9 Å². The highest BCUT2D eigenvalue weighted by Gasteiger charge is 2.33. The summed E-state index contributed by atoms with van der Waals surface area (Å²) in [5.74, 6) is -0.0779. The number of sulfonamides is 1. The number of amides is 1. The molecule has 0 aliphatic carbocycles. The Bertz CT molecular complexity index is 1150. The number of piperazine rings is 1. The molecule has 156 valence electrons. The second-order valence-corrected chi connectivity index (χ2v) is 9.22. The Kier molecular flexibility index (Phi) is 5.40. The van der Waals surface area contributed by atoms with Gasteiger partial charge in [0.1, 0.15) is 10.6 Å². The average Bonchev–Trinajstić information content (AvgIpc) is 3.17. The number of hydrogen-bond donors (Lipinski definition) is 0. The molecular formula is C21H23N5O3S. The summed E-state index contributed by atoms with van der Waals surface area (Å²) in [6, 6.07) is 10.9. The van der Waals surface area contributed by atoms with Gasteiger partial charge in [-0.3, -0.25) is 14.5 Å². The number of nitrogens with zero attached hydrogens (tertiary/aromatic N) is 5. The van der Waals surface area contributed by atoms with Crippen molar-refractivity contribution in [2.75, 3.05) is 26.2 Å². The van der Waals surface area contributed by atoms with Gasteiger partial charge < -0.3 is 4.90 Å². The normalized spacial score (nSPS) is 15.3. The number of aryl methyl sites for hydroxylation is 2. The molecule has 0 unspecified atom stereocenters. The molecule has 0 radical (unpaired) electrons. The number of pyridine rings is 1. The van der Waals surface area contributed by atoms with Gasteiger partial charge in [0.15, 0.2) is 0 Å².